The van der Waals surface area contributed by atoms with Gasteiger partial charge in [-0.05, 0) is 57.4 Å². The number of halogens is 3. The summed E-state index contributed by atoms with van der Waals surface area (Å²) in [6.07, 6.45) is -3.34. The number of H-pyrrole nitrogens is 1. The molecule has 1 aromatic carbocycles. The molecule has 0 bridgehead atoms. The van der Waals surface area contributed by atoms with Gasteiger partial charge in [-0.15, -0.1) is 0 Å². The first-order valence-corrected chi connectivity index (χ1v) is 12.3. The number of aromatic nitrogens is 3. The van der Waals surface area contributed by atoms with E-state index < -0.39 is 41.0 Å². The number of pyridine rings is 1. The molecule has 1 fully saturated rings. The molecule has 0 aliphatic carbocycles. The molecule has 2 aromatic heterocycles. The number of esters is 1. The molecule has 39 heavy (non-hydrogen) atoms. The van der Waals surface area contributed by atoms with Crippen LogP contribution in [0.5, 0.6) is 0 Å². The minimum atomic E-state index is -4.59. The van der Waals surface area contributed by atoms with E-state index in [0.29, 0.717) is 17.6 Å². The molecule has 3 unspecified atom stereocenters. The minimum Gasteiger partial charge on any atom is -0.458 e. The smallest absolute Gasteiger partial charge is 0.407 e. The van der Waals surface area contributed by atoms with Crippen molar-refractivity contribution < 1.29 is 27.4 Å². The Bertz CT molecular complexity index is 1440. The highest BCUT2D eigenvalue weighted by molar-refractivity contribution is 5.91. The van der Waals surface area contributed by atoms with Crippen molar-refractivity contribution in [3.05, 3.63) is 52.4 Å². The molecule has 0 saturated carbocycles. The highest BCUT2D eigenvalue weighted by atomic mass is 19.4. The van der Waals surface area contributed by atoms with E-state index in [4.69, 9.17) is 15.2 Å². The quantitative estimate of drug-likeness (QED) is 0.391. The number of nitrogens with two attached hydrogens (primary N) is 1. The van der Waals surface area contributed by atoms with Crippen LogP contribution in [0.1, 0.15) is 51.6 Å². The highest BCUT2D eigenvalue weighted by Gasteiger charge is 2.43. The number of aromatic amines is 1. The van der Waals surface area contributed by atoms with Crippen molar-refractivity contribution in [2.45, 2.75) is 69.5 Å². The van der Waals surface area contributed by atoms with Crippen LogP contribution < -0.4 is 16.6 Å². The molecule has 0 amide bonds. The Morgan fingerprint density at radius 2 is 2.03 bits per heavy atom. The lowest BCUT2D eigenvalue weighted by molar-refractivity contribution is -0.176. The molecule has 3 atom stereocenters. The number of nitrogens with zero attached hydrogens (tertiary/aromatic N) is 3. The maximum Gasteiger partial charge on any atom is 0.407 e. The number of rotatable bonds is 6. The van der Waals surface area contributed by atoms with E-state index in [1.54, 1.807) is 31.5 Å². The predicted molar refractivity (Wildman–Crippen MR) is 136 cm³/mol. The molecule has 0 radical (unpaired) electrons. The number of carbonyl (C=O) groups is 1. The SMILES string of the molecule is CC(C)(C)OC(=O)C1CCC(CC#N)(n2nc(Nc3ccc(C(N)C(F)(F)F)cc3)c3c(=O)[nH]ccc32)CO1. The fraction of sp³-hybridized carbons (Fsp3) is 0.462. The molecule has 10 nitrogen and oxygen atoms in total. The van der Waals surface area contributed by atoms with Crippen LogP contribution in [0, 0.1) is 11.3 Å². The number of anilines is 2. The third kappa shape index (κ3) is 5.91. The Morgan fingerprint density at radius 3 is 2.59 bits per heavy atom. The summed E-state index contributed by atoms with van der Waals surface area (Å²) in [6.45, 7) is 5.24. The molecule has 13 heteroatoms. The number of alkyl halides is 3. The van der Waals surface area contributed by atoms with Gasteiger partial charge in [0.2, 0.25) is 0 Å². The summed E-state index contributed by atoms with van der Waals surface area (Å²) >= 11 is 0. The lowest BCUT2D eigenvalue weighted by Gasteiger charge is -2.39. The van der Waals surface area contributed by atoms with Crippen molar-refractivity contribution in [3.63, 3.8) is 0 Å². The summed E-state index contributed by atoms with van der Waals surface area (Å²) in [6, 6.07) is 6.97. The first-order valence-electron chi connectivity index (χ1n) is 12.3. The van der Waals surface area contributed by atoms with Crippen LogP contribution in [0.3, 0.4) is 0 Å². The molecule has 3 heterocycles. The zero-order valence-electron chi connectivity index (χ0n) is 21.6. The second kappa shape index (κ2) is 10.3. The van der Waals surface area contributed by atoms with Crippen LogP contribution in [0.15, 0.2) is 41.3 Å². The Morgan fingerprint density at radius 1 is 1.33 bits per heavy atom. The van der Waals surface area contributed by atoms with E-state index in [1.165, 1.54) is 30.5 Å². The van der Waals surface area contributed by atoms with Gasteiger partial charge in [0.25, 0.3) is 5.56 Å². The Labute approximate surface area is 221 Å². The van der Waals surface area contributed by atoms with E-state index >= 15 is 0 Å². The van der Waals surface area contributed by atoms with Gasteiger partial charge in [-0.3, -0.25) is 9.48 Å². The first-order chi connectivity index (χ1) is 18.2. The topological polar surface area (TPSA) is 148 Å². The van der Waals surface area contributed by atoms with Crippen molar-refractivity contribution in [2.24, 2.45) is 5.73 Å². The average Bonchev–Trinajstić information content (AvgIpc) is 3.23. The summed E-state index contributed by atoms with van der Waals surface area (Å²) in [4.78, 5) is 28.0. The van der Waals surface area contributed by atoms with E-state index in [-0.39, 0.29) is 36.2 Å². The summed E-state index contributed by atoms with van der Waals surface area (Å²) < 4.78 is 51.8. The lowest BCUT2D eigenvalue weighted by Crippen LogP contribution is -2.47. The van der Waals surface area contributed by atoms with Crippen molar-refractivity contribution in [1.29, 1.82) is 5.26 Å². The van der Waals surface area contributed by atoms with Gasteiger partial charge in [0, 0.05) is 11.9 Å². The molecule has 3 aromatic rings. The Balaban J connectivity index is 1.66. The van der Waals surface area contributed by atoms with Gasteiger partial charge in [-0.1, -0.05) is 12.1 Å². The molecule has 1 aliphatic heterocycles. The molecular weight excluding hydrogens is 517 g/mol. The normalized spacial score (nSPS) is 20.8. The molecule has 1 aliphatic rings. The van der Waals surface area contributed by atoms with Gasteiger partial charge in [-0.2, -0.15) is 23.5 Å². The van der Waals surface area contributed by atoms with E-state index in [1.807, 2.05) is 0 Å². The third-order valence-electron chi connectivity index (χ3n) is 6.44. The van der Waals surface area contributed by atoms with Crippen molar-refractivity contribution in [1.82, 2.24) is 14.8 Å². The van der Waals surface area contributed by atoms with Crippen molar-refractivity contribution >= 4 is 28.4 Å². The fourth-order valence-electron chi connectivity index (χ4n) is 4.52. The number of nitrogens with one attached hydrogen (secondary N) is 2. The minimum absolute atomic E-state index is 0.0128. The molecule has 1 saturated heterocycles. The number of carbonyl (C=O) groups excluding carboxylic acids is 1. The Hall–Kier alpha value is -3.89. The maximum atomic E-state index is 13.0. The van der Waals surface area contributed by atoms with Crippen molar-refractivity contribution in [3.8, 4) is 6.07 Å². The van der Waals surface area contributed by atoms with Crippen LogP contribution in [0.4, 0.5) is 24.7 Å². The molecular formula is C26H29F3N6O4. The zero-order chi connectivity index (χ0) is 28.6. The summed E-state index contributed by atoms with van der Waals surface area (Å²) in [5.74, 6) is -0.350. The molecule has 0 spiro atoms. The van der Waals surface area contributed by atoms with Gasteiger partial charge >= 0.3 is 12.1 Å². The zero-order valence-corrected chi connectivity index (χ0v) is 21.6. The second-order valence-corrected chi connectivity index (χ2v) is 10.5. The number of hydrogen-bond acceptors (Lipinski definition) is 8. The van der Waals surface area contributed by atoms with Gasteiger partial charge in [0.1, 0.15) is 17.0 Å². The standard InChI is InChI=1S/C26H29F3N6O4/c1-24(2,3)39-23(37)18-8-10-25(11-12-30,14-38-18)35-17-9-13-32-22(36)19(17)21(34-35)33-16-6-4-15(5-7-16)20(31)26(27,28)29/h4-7,9,13,18,20H,8,10-11,14,31H2,1-3H3,(H,32,36)(H,33,34). The van der Waals surface area contributed by atoms with E-state index in [9.17, 15) is 28.0 Å². The van der Waals surface area contributed by atoms with Crippen LogP contribution >= 0.6 is 0 Å². The fourth-order valence-corrected chi connectivity index (χ4v) is 4.52. The van der Waals surface area contributed by atoms with Gasteiger partial charge in [0.15, 0.2) is 11.9 Å². The number of nitriles is 1. The van der Waals surface area contributed by atoms with Crippen molar-refractivity contribution in [2.75, 3.05) is 11.9 Å². The first kappa shape index (κ1) is 28.1. The van der Waals surface area contributed by atoms with Gasteiger partial charge in [0.05, 0.1) is 30.2 Å². The lowest BCUT2D eigenvalue weighted by atomic mass is 9.87. The van der Waals surface area contributed by atoms with Crippen LogP contribution in [0.2, 0.25) is 0 Å². The second-order valence-electron chi connectivity index (χ2n) is 10.5. The van der Waals surface area contributed by atoms with Gasteiger partial charge in [-0.25, -0.2) is 4.79 Å². The summed E-state index contributed by atoms with van der Waals surface area (Å²) in [7, 11) is 0. The monoisotopic (exact) mass is 546 g/mol. The Kier molecular flexibility index (Phi) is 7.46. The molecule has 208 valence electrons. The summed E-state index contributed by atoms with van der Waals surface area (Å²) in [5, 5.41) is 17.5. The van der Waals surface area contributed by atoms with Crippen LogP contribution in [-0.4, -0.2) is 45.2 Å². The van der Waals surface area contributed by atoms with Gasteiger partial charge < -0.3 is 25.5 Å². The number of hydrogen-bond donors (Lipinski definition) is 3. The predicted octanol–water partition coefficient (Wildman–Crippen LogP) is 4.16. The number of benzene rings is 1. The summed E-state index contributed by atoms with van der Waals surface area (Å²) in [5.41, 5.74) is 3.85. The third-order valence-corrected chi connectivity index (χ3v) is 6.44. The molecule has 4 rings (SSSR count). The molecule has 4 N–H and O–H groups in total. The van der Waals surface area contributed by atoms with E-state index in [0.717, 1.165) is 0 Å². The average molecular weight is 547 g/mol. The van der Waals surface area contributed by atoms with Crippen LogP contribution in [0.25, 0.3) is 10.9 Å². The highest BCUT2D eigenvalue weighted by Crippen LogP contribution is 2.38. The number of fused-ring (bicyclic) bond motifs is 1. The van der Waals surface area contributed by atoms with Crippen LogP contribution in [-0.2, 0) is 19.8 Å². The van der Waals surface area contributed by atoms with E-state index in [2.05, 4.69) is 21.5 Å². The largest absolute Gasteiger partial charge is 0.458 e. The maximum absolute atomic E-state index is 13.0. The number of ether oxygens (including phenoxy) is 2.